The van der Waals surface area contributed by atoms with Gasteiger partial charge in [-0.3, -0.25) is 0 Å². The van der Waals surface area contributed by atoms with Gasteiger partial charge in [0.05, 0.1) is 5.56 Å². The average molecular weight is 180 g/mol. The van der Waals surface area contributed by atoms with Gasteiger partial charge in [-0.25, -0.2) is 10.6 Å². The van der Waals surface area contributed by atoms with Gasteiger partial charge in [-0.2, -0.15) is 0 Å². The monoisotopic (exact) mass is 180 g/mol. The number of hydroxylamine groups is 1. The predicted molar refractivity (Wildman–Crippen MR) is 48.5 cm³/mol. The first-order valence-electron chi connectivity index (χ1n) is 3.87. The highest BCUT2D eigenvalue weighted by Crippen LogP contribution is 2.04. The van der Waals surface area contributed by atoms with Crippen LogP contribution in [0.1, 0.15) is 15.9 Å². The number of carbonyl (C=O) groups is 1. The van der Waals surface area contributed by atoms with Crippen molar-refractivity contribution in [1.82, 2.24) is 5.17 Å². The van der Waals surface area contributed by atoms with E-state index in [0.29, 0.717) is 5.56 Å². The Hall–Kier alpha value is -1.39. The summed E-state index contributed by atoms with van der Waals surface area (Å²) in [7, 11) is 1.45. The smallest absolute Gasteiger partial charge is 0.349 e. The molecule has 0 aliphatic rings. The molecular weight excluding hydrogens is 168 g/mol. The van der Waals surface area contributed by atoms with Crippen molar-refractivity contribution >= 4 is 5.97 Å². The topological polar surface area (TPSA) is 55.6 Å². The highest BCUT2D eigenvalue weighted by Gasteiger charge is 2.07. The van der Waals surface area contributed by atoms with Crippen molar-refractivity contribution < 1.29 is 9.63 Å². The van der Waals surface area contributed by atoms with Gasteiger partial charge >= 0.3 is 5.97 Å². The first-order chi connectivity index (χ1) is 6.09. The van der Waals surface area contributed by atoms with Gasteiger partial charge in [0.15, 0.2) is 0 Å². The predicted octanol–water partition coefficient (Wildman–Crippen LogP) is 0.872. The van der Waals surface area contributed by atoms with Crippen LogP contribution >= 0.6 is 0 Å². The van der Waals surface area contributed by atoms with E-state index >= 15 is 0 Å². The molecule has 1 aromatic rings. The molecule has 4 heteroatoms. The summed E-state index contributed by atoms with van der Waals surface area (Å²) in [5.41, 5.74) is 1.58. The highest BCUT2D eigenvalue weighted by molar-refractivity contribution is 5.89. The zero-order valence-electron chi connectivity index (χ0n) is 7.65. The number of hydrogen-bond donors (Lipinski definition) is 1. The summed E-state index contributed by atoms with van der Waals surface area (Å²) in [5.74, 6) is 4.70. The molecule has 13 heavy (non-hydrogen) atoms. The van der Waals surface area contributed by atoms with E-state index in [-0.39, 0.29) is 0 Å². The summed E-state index contributed by atoms with van der Waals surface area (Å²) >= 11 is 0. The molecule has 0 unspecified atom stereocenters. The lowest BCUT2D eigenvalue weighted by Gasteiger charge is -2.08. The Kier molecular flexibility index (Phi) is 3.00. The Balaban J connectivity index is 2.72. The minimum Gasteiger partial charge on any atom is -0.349 e. The number of rotatable bonds is 2. The van der Waals surface area contributed by atoms with Crippen LogP contribution in [0.2, 0.25) is 0 Å². The number of hydrogen-bond acceptors (Lipinski definition) is 4. The van der Waals surface area contributed by atoms with E-state index in [1.807, 2.05) is 19.1 Å². The molecule has 0 saturated carbocycles. The Bertz CT molecular complexity index is 293. The molecule has 0 atom stereocenters. The average Bonchev–Trinajstić information content (AvgIpc) is 2.04. The van der Waals surface area contributed by atoms with Crippen LogP contribution in [0.5, 0.6) is 0 Å². The van der Waals surface area contributed by atoms with Gasteiger partial charge in [0.1, 0.15) is 0 Å². The maximum atomic E-state index is 11.2. The highest BCUT2D eigenvalue weighted by atomic mass is 16.7. The molecule has 0 fully saturated rings. The van der Waals surface area contributed by atoms with E-state index in [9.17, 15) is 4.79 Å². The number of carbonyl (C=O) groups excluding carboxylic acids is 1. The van der Waals surface area contributed by atoms with Crippen LogP contribution in [-0.2, 0) is 4.84 Å². The second kappa shape index (κ2) is 4.02. The van der Waals surface area contributed by atoms with Crippen molar-refractivity contribution in [2.75, 3.05) is 7.05 Å². The van der Waals surface area contributed by atoms with Crippen molar-refractivity contribution in [3.05, 3.63) is 35.4 Å². The molecule has 0 amide bonds. The number of nitrogens with zero attached hydrogens (tertiary/aromatic N) is 1. The SMILES string of the molecule is Cc1ccc(C(=O)ON(C)N)cc1. The zero-order chi connectivity index (χ0) is 9.84. The van der Waals surface area contributed by atoms with E-state index in [1.165, 1.54) is 7.05 Å². The number of benzene rings is 1. The van der Waals surface area contributed by atoms with Crippen LogP contribution < -0.4 is 5.84 Å². The standard InChI is InChI=1S/C9H12N2O2/c1-7-3-5-8(6-4-7)9(12)13-11(2)10/h3-6H,10H2,1-2H3. The third-order valence-electron chi connectivity index (χ3n) is 1.51. The number of aryl methyl sites for hydroxylation is 1. The van der Waals surface area contributed by atoms with E-state index < -0.39 is 5.97 Å². The maximum Gasteiger partial charge on any atom is 0.358 e. The van der Waals surface area contributed by atoms with Gasteiger partial charge in [0.25, 0.3) is 0 Å². The van der Waals surface area contributed by atoms with Crippen LogP contribution in [0.3, 0.4) is 0 Å². The molecule has 0 bridgehead atoms. The van der Waals surface area contributed by atoms with Crippen LogP contribution in [0.4, 0.5) is 0 Å². The minimum atomic E-state index is -0.454. The molecule has 0 spiro atoms. The van der Waals surface area contributed by atoms with E-state index in [4.69, 9.17) is 5.84 Å². The van der Waals surface area contributed by atoms with Gasteiger partial charge in [-0.05, 0) is 19.1 Å². The van der Waals surface area contributed by atoms with E-state index in [1.54, 1.807) is 12.1 Å². The fraction of sp³-hybridized carbons (Fsp3) is 0.222. The Morgan fingerprint density at radius 3 is 2.38 bits per heavy atom. The summed E-state index contributed by atoms with van der Waals surface area (Å²) in [6.07, 6.45) is 0. The second-order valence-electron chi connectivity index (χ2n) is 2.79. The second-order valence-corrected chi connectivity index (χ2v) is 2.79. The maximum absolute atomic E-state index is 11.2. The van der Waals surface area contributed by atoms with Crippen molar-refractivity contribution in [2.24, 2.45) is 5.84 Å². The summed E-state index contributed by atoms with van der Waals surface area (Å²) in [6.45, 7) is 1.95. The summed E-state index contributed by atoms with van der Waals surface area (Å²) in [4.78, 5) is 15.9. The molecule has 0 radical (unpaired) electrons. The first kappa shape index (κ1) is 9.70. The molecule has 1 rings (SSSR count). The fourth-order valence-corrected chi connectivity index (χ4v) is 0.873. The van der Waals surface area contributed by atoms with E-state index in [0.717, 1.165) is 10.7 Å². The Morgan fingerprint density at radius 2 is 1.92 bits per heavy atom. The third kappa shape index (κ3) is 2.85. The number of hydrazine groups is 1. The summed E-state index contributed by atoms with van der Waals surface area (Å²) < 4.78 is 0. The molecule has 2 N–H and O–H groups in total. The largest absolute Gasteiger partial charge is 0.358 e. The van der Waals surface area contributed by atoms with Crippen LogP contribution in [0.25, 0.3) is 0 Å². The van der Waals surface area contributed by atoms with Gasteiger partial charge < -0.3 is 4.84 Å². The van der Waals surface area contributed by atoms with Crippen LogP contribution in [-0.4, -0.2) is 18.2 Å². The van der Waals surface area contributed by atoms with Crippen LogP contribution in [0, 0.1) is 6.92 Å². The number of nitrogens with two attached hydrogens (primary N) is 1. The van der Waals surface area contributed by atoms with Gasteiger partial charge in [-0.1, -0.05) is 22.9 Å². The van der Waals surface area contributed by atoms with Crippen LogP contribution in [0.15, 0.2) is 24.3 Å². The Labute approximate surface area is 76.8 Å². The molecule has 0 saturated heterocycles. The first-order valence-corrected chi connectivity index (χ1v) is 3.87. The van der Waals surface area contributed by atoms with Crippen molar-refractivity contribution in [3.8, 4) is 0 Å². The van der Waals surface area contributed by atoms with Gasteiger partial charge in [0.2, 0.25) is 0 Å². The Morgan fingerprint density at radius 1 is 1.38 bits per heavy atom. The van der Waals surface area contributed by atoms with E-state index in [2.05, 4.69) is 4.84 Å². The van der Waals surface area contributed by atoms with Crippen molar-refractivity contribution in [3.63, 3.8) is 0 Å². The third-order valence-corrected chi connectivity index (χ3v) is 1.51. The molecule has 0 heterocycles. The molecule has 70 valence electrons. The normalized spacial score (nSPS) is 10.2. The molecule has 4 nitrogen and oxygen atoms in total. The molecule has 0 aliphatic heterocycles. The minimum absolute atomic E-state index is 0.454. The fourth-order valence-electron chi connectivity index (χ4n) is 0.873. The summed E-state index contributed by atoms with van der Waals surface area (Å²) in [5, 5.41) is 0.877. The van der Waals surface area contributed by atoms with Gasteiger partial charge in [-0.15, -0.1) is 0 Å². The molecule has 1 aromatic carbocycles. The van der Waals surface area contributed by atoms with Crippen molar-refractivity contribution in [2.45, 2.75) is 6.92 Å². The lowest BCUT2D eigenvalue weighted by molar-refractivity contribution is -0.0918. The molecule has 0 aromatic heterocycles. The van der Waals surface area contributed by atoms with Gasteiger partial charge in [0, 0.05) is 7.05 Å². The lowest BCUT2D eigenvalue weighted by Crippen LogP contribution is -2.29. The zero-order valence-corrected chi connectivity index (χ0v) is 7.65. The van der Waals surface area contributed by atoms with Crippen molar-refractivity contribution in [1.29, 1.82) is 0 Å². The molecular formula is C9H12N2O2. The summed E-state index contributed by atoms with van der Waals surface area (Å²) in [6, 6.07) is 7.07. The molecule has 0 aliphatic carbocycles. The lowest BCUT2D eigenvalue weighted by atomic mass is 10.2. The quantitative estimate of drug-likeness (QED) is 0.542.